The van der Waals surface area contributed by atoms with E-state index in [-0.39, 0.29) is 17.6 Å². The lowest BCUT2D eigenvalue weighted by molar-refractivity contribution is -0.162. The molecule has 2 bridgehead atoms. The van der Waals surface area contributed by atoms with Gasteiger partial charge in [-0.2, -0.15) is 0 Å². The predicted molar refractivity (Wildman–Crippen MR) is 76.2 cm³/mol. The molecule has 4 heteroatoms. The van der Waals surface area contributed by atoms with Gasteiger partial charge in [-0.15, -0.1) is 0 Å². The fourth-order valence-electron chi connectivity index (χ4n) is 2.92. The summed E-state index contributed by atoms with van der Waals surface area (Å²) in [5.41, 5.74) is 2.49. The smallest absolute Gasteiger partial charge is 0.331 e. The van der Waals surface area contributed by atoms with Crippen LogP contribution in [0.2, 0.25) is 0 Å². The van der Waals surface area contributed by atoms with Gasteiger partial charge < -0.3 is 14.6 Å². The molecule has 4 nitrogen and oxygen atoms in total. The molecule has 0 amide bonds. The maximum atomic E-state index is 11.2. The summed E-state index contributed by atoms with van der Waals surface area (Å²) in [6, 6.07) is 0. The van der Waals surface area contributed by atoms with Gasteiger partial charge in [0, 0.05) is 12.7 Å². The summed E-state index contributed by atoms with van der Waals surface area (Å²) >= 11 is 0. The molecule has 3 unspecified atom stereocenters. The number of ether oxygens (including phenoxy) is 2. The number of carboxylic acid groups (broad SMARTS) is 1. The highest BCUT2D eigenvalue weighted by molar-refractivity contribution is 5.86. The predicted octanol–water partition coefficient (Wildman–Crippen LogP) is 3.06. The van der Waals surface area contributed by atoms with Gasteiger partial charge in [-0.3, -0.25) is 0 Å². The van der Waals surface area contributed by atoms with Crippen LogP contribution in [-0.2, 0) is 14.3 Å². The van der Waals surface area contributed by atoms with Crippen molar-refractivity contribution >= 4 is 5.97 Å². The molecule has 0 saturated carbocycles. The van der Waals surface area contributed by atoms with Gasteiger partial charge in [-0.25, -0.2) is 4.79 Å². The number of hydrogen-bond donors (Lipinski definition) is 1. The highest BCUT2D eigenvalue weighted by atomic mass is 16.7. The molecule has 0 radical (unpaired) electrons. The highest BCUT2D eigenvalue weighted by Crippen LogP contribution is 2.39. The number of allylic oxidation sites excluding steroid dienone is 1. The van der Waals surface area contributed by atoms with Gasteiger partial charge in [0.05, 0.1) is 6.10 Å². The lowest BCUT2D eigenvalue weighted by atomic mass is 9.86. The Morgan fingerprint density at radius 1 is 1.50 bits per heavy atom. The van der Waals surface area contributed by atoms with Crippen molar-refractivity contribution in [3.8, 4) is 0 Å². The summed E-state index contributed by atoms with van der Waals surface area (Å²) < 4.78 is 11.6. The molecule has 2 heterocycles. The molecule has 0 aromatic carbocycles. The van der Waals surface area contributed by atoms with Crippen LogP contribution in [0.1, 0.15) is 33.1 Å². The highest BCUT2D eigenvalue weighted by Gasteiger charge is 2.39. The summed E-state index contributed by atoms with van der Waals surface area (Å²) in [5.74, 6) is -1.79. The summed E-state index contributed by atoms with van der Waals surface area (Å²) in [4.78, 5) is 11.2. The number of fused-ring (bicyclic) bond motifs is 2. The molecule has 0 aromatic rings. The van der Waals surface area contributed by atoms with E-state index in [0.717, 1.165) is 24.0 Å². The summed E-state index contributed by atoms with van der Waals surface area (Å²) in [7, 11) is 1.63. The second kappa shape index (κ2) is 5.54. The Labute approximate surface area is 119 Å². The molecule has 1 N–H and O–H groups in total. The molecule has 20 heavy (non-hydrogen) atoms. The third kappa shape index (κ3) is 2.86. The lowest BCUT2D eigenvalue weighted by Crippen LogP contribution is -2.30. The van der Waals surface area contributed by atoms with Gasteiger partial charge in [-0.1, -0.05) is 12.2 Å². The van der Waals surface area contributed by atoms with Gasteiger partial charge in [0.2, 0.25) is 5.79 Å². The zero-order valence-electron chi connectivity index (χ0n) is 12.3. The second-order valence-corrected chi connectivity index (χ2v) is 5.71. The minimum atomic E-state index is -0.923. The zero-order valence-corrected chi connectivity index (χ0v) is 12.3. The molecule has 2 aliphatic rings. The minimum absolute atomic E-state index is 0.0741. The minimum Gasteiger partial charge on any atom is -0.478 e. The summed E-state index contributed by atoms with van der Waals surface area (Å²) in [6.45, 7) is 7.74. The second-order valence-electron chi connectivity index (χ2n) is 5.71. The van der Waals surface area contributed by atoms with Crippen molar-refractivity contribution in [2.24, 2.45) is 5.92 Å². The Bertz CT molecular complexity index is 489. The fraction of sp³-hybridized carbons (Fsp3) is 0.562. The van der Waals surface area contributed by atoms with Crippen molar-refractivity contribution in [3.05, 3.63) is 35.5 Å². The van der Waals surface area contributed by atoms with Crippen LogP contribution in [0.5, 0.6) is 0 Å². The monoisotopic (exact) mass is 278 g/mol. The molecule has 0 saturated heterocycles. The van der Waals surface area contributed by atoms with E-state index < -0.39 is 11.8 Å². The number of hydrogen-bond acceptors (Lipinski definition) is 3. The van der Waals surface area contributed by atoms with Crippen molar-refractivity contribution in [2.75, 3.05) is 7.11 Å². The van der Waals surface area contributed by atoms with Crippen LogP contribution in [0.4, 0.5) is 0 Å². The Balaban J connectivity index is 2.31. The zero-order chi connectivity index (χ0) is 14.9. The average molecular weight is 278 g/mol. The standard InChI is InChI=1S/C16H22O4/c1-10-5-6-13(12(3)15(17)18)7-14-11(2)9-16(8-10,19-4)20-14/h8-9,13-14H,3,5-7H2,1-2,4H3,(H,17,18)/b10-8-. The number of carboxylic acids is 1. The number of methoxy groups -OCH3 is 1. The van der Waals surface area contributed by atoms with Crippen LogP contribution in [0, 0.1) is 5.92 Å². The Morgan fingerprint density at radius 3 is 2.80 bits per heavy atom. The van der Waals surface area contributed by atoms with Crippen LogP contribution in [0.15, 0.2) is 35.5 Å². The van der Waals surface area contributed by atoms with Gasteiger partial charge in [-0.05, 0) is 56.8 Å². The van der Waals surface area contributed by atoms with Crippen molar-refractivity contribution in [2.45, 2.75) is 45.0 Å². The molecular formula is C16H22O4. The van der Waals surface area contributed by atoms with E-state index in [2.05, 4.69) is 6.58 Å². The maximum Gasteiger partial charge on any atom is 0.331 e. The average Bonchev–Trinajstić information content (AvgIpc) is 2.72. The largest absolute Gasteiger partial charge is 0.478 e. The molecular weight excluding hydrogens is 256 g/mol. The number of aliphatic carboxylic acids is 1. The van der Waals surface area contributed by atoms with Crippen molar-refractivity contribution in [1.29, 1.82) is 0 Å². The van der Waals surface area contributed by atoms with Crippen LogP contribution >= 0.6 is 0 Å². The third-order valence-corrected chi connectivity index (χ3v) is 4.18. The Hall–Kier alpha value is -1.39. The molecule has 2 rings (SSSR count). The van der Waals surface area contributed by atoms with Crippen LogP contribution in [0.3, 0.4) is 0 Å². The first kappa shape index (κ1) is 15.0. The van der Waals surface area contributed by atoms with Crippen molar-refractivity contribution < 1.29 is 19.4 Å². The van der Waals surface area contributed by atoms with E-state index in [0.29, 0.717) is 6.42 Å². The van der Waals surface area contributed by atoms with Crippen LogP contribution in [-0.4, -0.2) is 30.1 Å². The van der Waals surface area contributed by atoms with Crippen LogP contribution in [0.25, 0.3) is 0 Å². The number of carbonyl (C=O) groups is 1. The van der Waals surface area contributed by atoms with Crippen molar-refractivity contribution in [1.82, 2.24) is 0 Å². The Kier molecular flexibility index (Phi) is 4.16. The maximum absolute atomic E-state index is 11.2. The quantitative estimate of drug-likeness (QED) is 0.637. The summed E-state index contributed by atoms with van der Waals surface area (Å²) in [6.07, 6.45) is 6.10. The molecule has 0 spiro atoms. The van der Waals surface area contributed by atoms with E-state index in [1.165, 1.54) is 0 Å². The molecule has 0 fully saturated rings. The van der Waals surface area contributed by atoms with Gasteiger partial charge >= 0.3 is 5.97 Å². The molecule has 0 aromatic heterocycles. The first-order valence-corrected chi connectivity index (χ1v) is 6.89. The lowest BCUT2D eigenvalue weighted by Gasteiger charge is -2.25. The fourth-order valence-corrected chi connectivity index (χ4v) is 2.92. The Morgan fingerprint density at radius 2 is 2.20 bits per heavy atom. The van der Waals surface area contributed by atoms with E-state index in [4.69, 9.17) is 9.47 Å². The van der Waals surface area contributed by atoms with Gasteiger partial charge in [0.25, 0.3) is 0 Å². The first-order valence-electron chi connectivity index (χ1n) is 6.89. The van der Waals surface area contributed by atoms with Crippen molar-refractivity contribution in [3.63, 3.8) is 0 Å². The molecule has 2 aliphatic heterocycles. The first-order chi connectivity index (χ1) is 9.37. The normalized spacial score (nSPS) is 36.1. The van der Waals surface area contributed by atoms with Gasteiger partial charge in [0.15, 0.2) is 0 Å². The third-order valence-electron chi connectivity index (χ3n) is 4.18. The summed E-state index contributed by atoms with van der Waals surface area (Å²) in [5, 5.41) is 9.17. The van der Waals surface area contributed by atoms with Crippen LogP contribution < -0.4 is 0 Å². The topological polar surface area (TPSA) is 55.8 Å². The SMILES string of the molecule is C=C(C(=O)O)C1CC/C(C)=C\C2(OC)C=C(C)C(C1)O2. The van der Waals surface area contributed by atoms with E-state index in [1.54, 1.807) is 7.11 Å². The van der Waals surface area contributed by atoms with E-state index in [1.807, 2.05) is 26.0 Å². The molecule has 110 valence electrons. The van der Waals surface area contributed by atoms with E-state index >= 15 is 0 Å². The molecule has 3 atom stereocenters. The molecule has 0 aliphatic carbocycles. The number of rotatable bonds is 3. The van der Waals surface area contributed by atoms with E-state index in [9.17, 15) is 9.90 Å². The van der Waals surface area contributed by atoms with Gasteiger partial charge in [0.1, 0.15) is 0 Å².